The summed E-state index contributed by atoms with van der Waals surface area (Å²) in [5, 5.41) is 14.3. The van der Waals surface area contributed by atoms with E-state index in [1.54, 1.807) is 18.2 Å². The van der Waals surface area contributed by atoms with Crippen molar-refractivity contribution < 1.29 is 19.1 Å². The third-order valence-corrected chi connectivity index (χ3v) is 3.90. The Labute approximate surface area is 122 Å². The van der Waals surface area contributed by atoms with Crippen molar-refractivity contribution in [3.63, 3.8) is 0 Å². The van der Waals surface area contributed by atoms with Crippen LogP contribution in [0.4, 0.5) is 9.18 Å². The number of carboxylic acid groups (broad SMARTS) is 1. The predicted octanol–water partition coefficient (Wildman–Crippen LogP) is 2.13. The molecule has 0 aromatic heterocycles. The lowest BCUT2D eigenvalue weighted by molar-refractivity contribution is -0.142. The Morgan fingerprint density at radius 1 is 1.24 bits per heavy atom. The second kappa shape index (κ2) is 7.06. The van der Waals surface area contributed by atoms with E-state index in [1.807, 2.05) is 0 Å². The number of carbonyl (C=O) groups is 2. The first-order valence-corrected chi connectivity index (χ1v) is 7.06. The van der Waals surface area contributed by atoms with Crippen molar-refractivity contribution in [3.8, 4) is 0 Å². The average Bonchev–Trinajstić information content (AvgIpc) is 2.93. The number of benzene rings is 1. The van der Waals surface area contributed by atoms with Gasteiger partial charge in [0.2, 0.25) is 0 Å². The lowest BCUT2D eigenvalue weighted by Crippen LogP contribution is -2.39. The van der Waals surface area contributed by atoms with Gasteiger partial charge in [-0.15, -0.1) is 0 Å². The molecule has 5 nitrogen and oxygen atoms in total. The van der Waals surface area contributed by atoms with Crippen LogP contribution in [0.3, 0.4) is 0 Å². The van der Waals surface area contributed by atoms with E-state index in [2.05, 4.69) is 10.6 Å². The van der Waals surface area contributed by atoms with Crippen LogP contribution < -0.4 is 10.6 Å². The Kier molecular flexibility index (Phi) is 5.14. The van der Waals surface area contributed by atoms with E-state index in [0.717, 1.165) is 12.8 Å². The minimum atomic E-state index is -0.800. The van der Waals surface area contributed by atoms with Gasteiger partial charge in [0.15, 0.2) is 0 Å². The lowest BCUT2D eigenvalue weighted by atomic mass is 9.96. The van der Waals surface area contributed by atoms with Crippen molar-refractivity contribution in [3.05, 3.63) is 35.6 Å². The zero-order valence-corrected chi connectivity index (χ0v) is 11.6. The molecular formula is C15H19FN2O3. The molecule has 3 N–H and O–H groups in total. The van der Waals surface area contributed by atoms with E-state index in [4.69, 9.17) is 5.11 Å². The van der Waals surface area contributed by atoms with Crippen molar-refractivity contribution >= 4 is 12.0 Å². The zero-order valence-electron chi connectivity index (χ0n) is 11.6. The summed E-state index contributed by atoms with van der Waals surface area (Å²) < 4.78 is 13.4. The third kappa shape index (κ3) is 4.18. The van der Waals surface area contributed by atoms with Crippen LogP contribution in [0.1, 0.15) is 24.8 Å². The summed E-state index contributed by atoms with van der Waals surface area (Å²) in [6.45, 7) is 0.436. The number of rotatable bonds is 5. The Morgan fingerprint density at radius 3 is 2.71 bits per heavy atom. The first-order valence-electron chi connectivity index (χ1n) is 7.06. The number of urea groups is 1. The van der Waals surface area contributed by atoms with Gasteiger partial charge in [-0.2, -0.15) is 0 Å². The maximum absolute atomic E-state index is 13.4. The number of halogens is 1. The van der Waals surface area contributed by atoms with Gasteiger partial charge in [-0.3, -0.25) is 4.79 Å². The first-order chi connectivity index (χ1) is 10.1. The van der Waals surface area contributed by atoms with Crippen molar-refractivity contribution in [2.24, 2.45) is 11.8 Å². The van der Waals surface area contributed by atoms with Crippen LogP contribution >= 0.6 is 0 Å². The largest absolute Gasteiger partial charge is 0.481 e. The fraction of sp³-hybridized carbons (Fsp3) is 0.467. The van der Waals surface area contributed by atoms with E-state index < -0.39 is 12.0 Å². The number of aliphatic carboxylic acids is 1. The van der Waals surface area contributed by atoms with Crippen molar-refractivity contribution in [2.75, 3.05) is 6.54 Å². The van der Waals surface area contributed by atoms with Gasteiger partial charge < -0.3 is 15.7 Å². The molecule has 1 aliphatic rings. The summed E-state index contributed by atoms with van der Waals surface area (Å²) in [7, 11) is 0. The molecule has 1 aliphatic carbocycles. The molecule has 0 aliphatic heterocycles. The molecule has 2 atom stereocenters. The van der Waals surface area contributed by atoms with Crippen LogP contribution in [0.15, 0.2) is 24.3 Å². The first kappa shape index (κ1) is 15.3. The van der Waals surface area contributed by atoms with Gasteiger partial charge in [-0.1, -0.05) is 24.6 Å². The maximum Gasteiger partial charge on any atom is 0.315 e. The molecule has 114 valence electrons. The van der Waals surface area contributed by atoms with Gasteiger partial charge in [0, 0.05) is 18.7 Å². The molecule has 21 heavy (non-hydrogen) atoms. The van der Waals surface area contributed by atoms with Crippen molar-refractivity contribution in [1.29, 1.82) is 0 Å². The summed E-state index contributed by atoms with van der Waals surface area (Å²) in [5.41, 5.74) is 0.414. The van der Waals surface area contributed by atoms with Crippen LogP contribution in [0, 0.1) is 17.7 Å². The molecule has 0 heterocycles. The Morgan fingerprint density at radius 2 is 2.00 bits per heavy atom. The maximum atomic E-state index is 13.4. The number of hydrogen-bond donors (Lipinski definition) is 3. The number of nitrogens with one attached hydrogen (secondary N) is 2. The third-order valence-electron chi connectivity index (χ3n) is 3.90. The molecule has 0 bridgehead atoms. The smallest absolute Gasteiger partial charge is 0.315 e. The van der Waals surface area contributed by atoms with Crippen LogP contribution in [-0.2, 0) is 11.3 Å². The highest BCUT2D eigenvalue weighted by Gasteiger charge is 2.32. The van der Waals surface area contributed by atoms with Gasteiger partial charge in [-0.25, -0.2) is 9.18 Å². The molecule has 0 saturated heterocycles. The highest BCUT2D eigenvalue weighted by atomic mass is 19.1. The normalized spacial score (nSPS) is 21.0. The molecule has 1 fully saturated rings. The fourth-order valence-electron chi connectivity index (χ4n) is 2.71. The van der Waals surface area contributed by atoms with Crippen molar-refractivity contribution in [2.45, 2.75) is 25.8 Å². The minimum Gasteiger partial charge on any atom is -0.481 e. The van der Waals surface area contributed by atoms with Gasteiger partial charge in [0.05, 0.1) is 5.92 Å². The number of hydrogen-bond acceptors (Lipinski definition) is 2. The van der Waals surface area contributed by atoms with Gasteiger partial charge >= 0.3 is 12.0 Å². The molecule has 2 rings (SSSR count). The van der Waals surface area contributed by atoms with Crippen LogP contribution in [0.2, 0.25) is 0 Å². The Bertz CT molecular complexity index is 521. The molecule has 0 spiro atoms. The fourth-order valence-corrected chi connectivity index (χ4v) is 2.71. The molecular weight excluding hydrogens is 275 g/mol. The second-order valence-electron chi connectivity index (χ2n) is 5.29. The van der Waals surface area contributed by atoms with E-state index in [1.165, 1.54) is 6.07 Å². The summed E-state index contributed by atoms with van der Waals surface area (Å²) in [6, 6.07) is 5.83. The second-order valence-corrected chi connectivity index (χ2v) is 5.29. The number of carbonyl (C=O) groups excluding carboxylic acids is 1. The SMILES string of the molecule is O=C(NCc1ccccc1F)NCC1CCCC1C(=O)O. The lowest BCUT2D eigenvalue weighted by Gasteiger charge is -2.16. The molecule has 1 aromatic carbocycles. The van der Waals surface area contributed by atoms with Gasteiger partial charge in [0.25, 0.3) is 0 Å². The topological polar surface area (TPSA) is 78.4 Å². The van der Waals surface area contributed by atoms with Crippen LogP contribution in [0.5, 0.6) is 0 Å². The van der Waals surface area contributed by atoms with E-state index in [0.29, 0.717) is 18.5 Å². The van der Waals surface area contributed by atoms with Crippen LogP contribution in [-0.4, -0.2) is 23.7 Å². The highest BCUT2D eigenvalue weighted by molar-refractivity contribution is 5.74. The monoisotopic (exact) mass is 294 g/mol. The molecule has 6 heteroatoms. The van der Waals surface area contributed by atoms with E-state index >= 15 is 0 Å². The van der Waals surface area contributed by atoms with Crippen molar-refractivity contribution in [1.82, 2.24) is 10.6 Å². The van der Waals surface area contributed by atoms with E-state index in [-0.39, 0.29) is 24.2 Å². The molecule has 1 aromatic rings. The summed E-state index contributed by atoms with van der Waals surface area (Å²) in [6.07, 6.45) is 2.35. The number of carboxylic acids is 1. The highest BCUT2D eigenvalue weighted by Crippen LogP contribution is 2.31. The average molecular weight is 294 g/mol. The molecule has 1 saturated carbocycles. The molecule has 0 radical (unpaired) electrons. The Hall–Kier alpha value is -2.11. The quantitative estimate of drug-likeness (QED) is 0.778. The molecule has 2 amide bonds. The van der Waals surface area contributed by atoms with Crippen LogP contribution in [0.25, 0.3) is 0 Å². The van der Waals surface area contributed by atoms with Gasteiger partial charge in [0.1, 0.15) is 5.82 Å². The Balaban J connectivity index is 1.75. The number of amides is 2. The summed E-state index contributed by atoms with van der Waals surface area (Å²) in [4.78, 5) is 22.7. The predicted molar refractivity (Wildman–Crippen MR) is 75.1 cm³/mol. The summed E-state index contributed by atoms with van der Waals surface area (Å²) >= 11 is 0. The molecule has 2 unspecified atom stereocenters. The zero-order chi connectivity index (χ0) is 15.2. The minimum absolute atomic E-state index is 0.0262. The standard InChI is InChI=1S/C15H19FN2O3/c16-13-7-2-1-4-11(13)9-18-15(21)17-8-10-5-3-6-12(10)14(19)20/h1-2,4,7,10,12H,3,5-6,8-9H2,(H,19,20)(H2,17,18,21). The van der Waals surface area contributed by atoms with E-state index in [9.17, 15) is 14.0 Å². The summed E-state index contributed by atoms with van der Waals surface area (Å²) in [5.74, 6) is -1.57. The van der Waals surface area contributed by atoms with Gasteiger partial charge in [-0.05, 0) is 24.8 Å².